The first-order chi connectivity index (χ1) is 9.75. The second-order valence-electron chi connectivity index (χ2n) is 6.46. The SMILES string of the molecule is CC(C)(Cc1cccc(Cl)c1)C(=O)NCC1(C(=O)O)CC1. The van der Waals surface area contributed by atoms with Crippen molar-refractivity contribution in [3.8, 4) is 0 Å². The Balaban J connectivity index is 1.95. The van der Waals surface area contributed by atoms with Crippen molar-refractivity contribution in [2.45, 2.75) is 33.1 Å². The monoisotopic (exact) mass is 309 g/mol. The highest BCUT2D eigenvalue weighted by molar-refractivity contribution is 6.30. The molecule has 1 aliphatic rings. The van der Waals surface area contributed by atoms with Crippen LogP contribution in [0.5, 0.6) is 0 Å². The summed E-state index contributed by atoms with van der Waals surface area (Å²) in [5.41, 5.74) is -0.358. The van der Waals surface area contributed by atoms with Gasteiger partial charge in [-0.1, -0.05) is 37.6 Å². The normalized spacial score (nSPS) is 16.3. The predicted octanol–water partition coefficient (Wildman–Crippen LogP) is 2.89. The molecule has 0 bridgehead atoms. The fourth-order valence-corrected chi connectivity index (χ4v) is 2.56. The molecule has 1 amide bonds. The molecule has 0 saturated heterocycles. The number of carbonyl (C=O) groups excluding carboxylic acids is 1. The Bertz CT molecular complexity index is 564. The molecule has 0 spiro atoms. The minimum absolute atomic E-state index is 0.130. The van der Waals surface area contributed by atoms with Crippen molar-refractivity contribution in [2.24, 2.45) is 10.8 Å². The number of halogens is 1. The molecule has 5 heteroatoms. The number of carboxylic acids is 1. The smallest absolute Gasteiger partial charge is 0.311 e. The molecule has 0 aromatic heterocycles. The fourth-order valence-electron chi connectivity index (χ4n) is 2.34. The Morgan fingerprint density at radius 3 is 2.57 bits per heavy atom. The molecule has 2 N–H and O–H groups in total. The Hall–Kier alpha value is -1.55. The molecule has 1 aromatic carbocycles. The van der Waals surface area contributed by atoms with Gasteiger partial charge in [-0.15, -0.1) is 0 Å². The maximum absolute atomic E-state index is 12.3. The van der Waals surface area contributed by atoms with Gasteiger partial charge in [0.25, 0.3) is 0 Å². The first-order valence-electron chi connectivity index (χ1n) is 7.01. The summed E-state index contributed by atoms with van der Waals surface area (Å²) in [6, 6.07) is 7.42. The van der Waals surface area contributed by atoms with Crippen LogP contribution in [-0.4, -0.2) is 23.5 Å². The van der Waals surface area contributed by atoms with E-state index in [4.69, 9.17) is 16.7 Å². The molecule has 0 unspecified atom stereocenters. The van der Waals surface area contributed by atoms with E-state index in [1.165, 1.54) is 0 Å². The van der Waals surface area contributed by atoms with Gasteiger partial charge in [0, 0.05) is 17.0 Å². The summed E-state index contributed by atoms with van der Waals surface area (Å²) in [5, 5.41) is 12.6. The first-order valence-corrected chi connectivity index (χ1v) is 7.39. The van der Waals surface area contributed by atoms with E-state index in [1.54, 1.807) is 6.07 Å². The van der Waals surface area contributed by atoms with E-state index < -0.39 is 16.8 Å². The standard InChI is InChI=1S/C16H20ClNO3/c1-15(2,9-11-4-3-5-12(17)8-11)13(19)18-10-16(6-7-16)14(20)21/h3-5,8H,6-7,9-10H2,1-2H3,(H,18,19)(H,20,21). The zero-order valence-corrected chi connectivity index (χ0v) is 13.0. The quantitative estimate of drug-likeness (QED) is 0.849. The number of carboxylic acid groups (broad SMARTS) is 1. The van der Waals surface area contributed by atoms with Crippen molar-refractivity contribution in [1.29, 1.82) is 0 Å². The highest BCUT2D eigenvalue weighted by atomic mass is 35.5. The van der Waals surface area contributed by atoms with Gasteiger partial charge >= 0.3 is 5.97 Å². The summed E-state index contributed by atoms with van der Waals surface area (Å²) in [6.45, 7) is 3.91. The van der Waals surface area contributed by atoms with Crippen LogP contribution in [0, 0.1) is 10.8 Å². The van der Waals surface area contributed by atoms with Crippen LogP contribution in [0.2, 0.25) is 5.02 Å². The van der Waals surface area contributed by atoms with E-state index in [0.29, 0.717) is 24.3 Å². The third-order valence-electron chi connectivity index (χ3n) is 4.04. The Labute approximate surface area is 129 Å². The van der Waals surface area contributed by atoms with Crippen molar-refractivity contribution in [2.75, 3.05) is 6.54 Å². The summed E-state index contributed by atoms with van der Waals surface area (Å²) in [6.07, 6.45) is 1.83. The zero-order chi connectivity index (χ0) is 15.7. The van der Waals surface area contributed by atoms with E-state index in [2.05, 4.69) is 5.32 Å². The lowest BCUT2D eigenvalue weighted by Gasteiger charge is -2.25. The summed E-state index contributed by atoms with van der Waals surface area (Å²) < 4.78 is 0. The second kappa shape index (κ2) is 5.68. The molecule has 21 heavy (non-hydrogen) atoms. The van der Waals surface area contributed by atoms with E-state index >= 15 is 0 Å². The number of hydrogen-bond acceptors (Lipinski definition) is 2. The van der Waals surface area contributed by atoms with Crippen LogP contribution >= 0.6 is 11.6 Å². The maximum atomic E-state index is 12.3. The van der Waals surface area contributed by atoms with Crippen LogP contribution in [0.4, 0.5) is 0 Å². The van der Waals surface area contributed by atoms with Gasteiger partial charge in [0.05, 0.1) is 5.41 Å². The molecule has 1 aliphatic carbocycles. The Morgan fingerprint density at radius 1 is 1.38 bits per heavy atom. The van der Waals surface area contributed by atoms with Gasteiger partial charge in [0.15, 0.2) is 0 Å². The van der Waals surface area contributed by atoms with Gasteiger partial charge in [-0.25, -0.2) is 0 Å². The van der Waals surface area contributed by atoms with Gasteiger partial charge in [-0.05, 0) is 37.0 Å². The summed E-state index contributed by atoms with van der Waals surface area (Å²) >= 11 is 5.95. The van der Waals surface area contributed by atoms with Crippen molar-refractivity contribution in [3.05, 3.63) is 34.9 Å². The number of rotatable bonds is 6. The number of benzene rings is 1. The molecule has 1 aromatic rings. The number of aliphatic carboxylic acids is 1. The number of hydrogen-bond donors (Lipinski definition) is 2. The van der Waals surface area contributed by atoms with Crippen molar-refractivity contribution in [1.82, 2.24) is 5.32 Å². The lowest BCUT2D eigenvalue weighted by atomic mass is 9.84. The third kappa shape index (κ3) is 3.76. The number of amides is 1. The summed E-state index contributed by atoms with van der Waals surface area (Å²) in [5.74, 6) is -0.953. The van der Waals surface area contributed by atoms with E-state index in [-0.39, 0.29) is 12.5 Å². The third-order valence-corrected chi connectivity index (χ3v) is 4.28. The average Bonchev–Trinajstić information content (AvgIpc) is 3.16. The lowest BCUT2D eigenvalue weighted by molar-refractivity contribution is -0.143. The highest BCUT2D eigenvalue weighted by Gasteiger charge is 2.50. The molecule has 0 heterocycles. The zero-order valence-electron chi connectivity index (χ0n) is 12.3. The minimum Gasteiger partial charge on any atom is -0.481 e. The van der Waals surface area contributed by atoms with Crippen LogP contribution in [0.3, 0.4) is 0 Å². The minimum atomic E-state index is -0.824. The van der Waals surface area contributed by atoms with Crippen molar-refractivity contribution < 1.29 is 14.7 Å². The first kappa shape index (κ1) is 15.8. The van der Waals surface area contributed by atoms with Gasteiger partial charge in [-0.3, -0.25) is 9.59 Å². The van der Waals surface area contributed by atoms with E-state index in [0.717, 1.165) is 5.56 Å². The molecule has 1 fully saturated rings. The fraction of sp³-hybridized carbons (Fsp3) is 0.500. The topological polar surface area (TPSA) is 66.4 Å². The lowest BCUT2D eigenvalue weighted by Crippen LogP contribution is -2.42. The van der Waals surface area contributed by atoms with Gasteiger partial charge in [0.2, 0.25) is 5.91 Å². The highest BCUT2D eigenvalue weighted by Crippen LogP contribution is 2.45. The molecule has 0 atom stereocenters. The number of carbonyl (C=O) groups is 2. The van der Waals surface area contributed by atoms with Gasteiger partial charge < -0.3 is 10.4 Å². The molecule has 4 nitrogen and oxygen atoms in total. The van der Waals surface area contributed by atoms with Crippen LogP contribution in [0.15, 0.2) is 24.3 Å². The summed E-state index contributed by atoms with van der Waals surface area (Å²) in [7, 11) is 0. The van der Waals surface area contributed by atoms with E-state index in [1.807, 2.05) is 32.0 Å². The van der Waals surface area contributed by atoms with Crippen LogP contribution in [0.1, 0.15) is 32.3 Å². The van der Waals surface area contributed by atoms with Crippen molar-refractivity contribution >= 4 is 23.5 Å². The second-order valence-corrected chi connectivity index (χ2v) is 6.90. The van der Waals surface area contributed by atoms with Crippen LogP contribution in [0.25, 0.3) is 0 Å². The molecule has 114 valence electrons. The number of nitrogens with one attached hydrogen (secondary N) is 1. The van der Waals surface area contributed by atoms with Crippen LogP contribution in [-0.2, 0) is 16.0 Å². The predicted molar refractivity (Wildman–Crippen MR) is 81.2 cm³/mol. The Morgan fingerprint density at radius 2 is 2.05 bits per heavy atom. The Kier molecular flexibility index (Phi) is 4.28. The van der Waals surface area contributed by atoms with Gasteiger partial charge in [0.1, 0.15) is 0 Å². The molecule has 2 rings (SSSR count). The molecule has 0 radical (unpaired) electrons. The largest absolute Gasteiger partial charge is 0.481 e. The van der Waals surface area contributed by atoms with Gasteiger partial charge in [-0.2, -0.15) is 0 Å². The molecular weight excluding hydrogens is 290 g/mol. The van der Waals surface area contributed by atoms with Crippen molar-refractivity contribution in [3.63, 3.8) is 0 Å². The van der Waals surface area contributed by atoms with Crippen LogP contribution < -0.4 is 5.32 Å². The molecule has 0 aliphatic heterocycles. The van der Waals surface area contributed by atoms with E-state index in [9.17, 15) is 9.59 Å². The molecule has 1 saturated carbocycles. The average molecular weight is 310 g/mol. The molecular formula is C16H20ClNO3. The maximum Gasteiger partial charge on any atom is 0.311 e. The summed E-state index contributed by atoms with van der Waals surface area (Å²) in [4.78, 5) is 23.4.